The van der Waals surface area contributed by atoms with Crippen molar-refractivity contribution in [1.82, 2.24) is 0 Å². The van der Waals surface area contributed by atoms with Crippen molar-refractivity contribution < 1.29 is 8.91 Å². The highest BCUT2D eigenvalue weighted by Crippen LogP contribution is 2.25. The van der Waals surface area contributed by atoms with Crippen molar-refractivity contribution in [2.75, 3.05) is 5.88 Å². The maximum atomic E-state index is 11.0. The predicted octanol–water partition coefficient (Wildman–Crippen LogP) is 3.55. The fourth-order valence-electron chi connectivity index (χ4n) is 2.05. The molecule has 0 aliphatic carbocycles. The molecule has 0 heterocycles. The van der Waals surface area contributed by atoms with E-state index in [-0.39, 0.29) is 11.8 Å². The smallest absolute Gasteiger partial charge is 0.220 e. The number of carbonyl (C=O) groups is 1. The highest BCUT2D eigenvalue weighted by molar-refractivity contribution is 6.84. The molecule has 2 N–H and O–H groups in total. The second-order valence-electron chi connectivity index (χ2n) is 6.26. The summed E-state index contributed by atoms with van der Waals surface area (Å²) < 4.78 is 6.42. The van der Waals surface area contributed by atoms with Gasteiger partial charge in [-0.15, -0.1) is 11.6 Å². The Balaban J connectivity index is 4.24. The molecule has 0 saturated heterocycles. The zero-order valence-electron chi connectivity index (χ0n) is 12.4. The van der Waals surface area contributed by atoms with Crippen molar-refractivity contribution in [3.05, 3.63) is 0 Å². The first-order valence-corrected chi connectivity index (χ1v) is 13.4. The molecule has 0 aromatic rings. The lowest BCUT2D eigenvalue weighted by Crippen LogP contribution is -2.44. The molecule has 0 saturated carbocycles. The predicted molar refractivity (Wildman–Crippen MR) is 84.0 cm³/mol. The molecular formula is C12H28ClNO2Si2. The minimum Gasteiger partial charge on any atom is -0.455 e. The molecule has 0 fully saturated rings. The Morgan fingerprint density at radius 3 is 2.17 bits per heavy atom. The van der Waals surface area contributed by atoms with E-state index in [1.165, 1.54) is 0 Å². The topological polar surface area (TPSA) is 52.3 Å². The summed E-state index contributed by atoms with van der Waals surface area (Å²) in [4.78, 5) is 11.0. The Kier molecular flexibility index (Phi) is 7.74. The fraction of sp³-hybridized carbons (Fsp3) is 0.917. The van der Waals surface area contributed by atoms with E-state index in [2.05, 4.69) is 26.2 Å². The van der Waals surface area contributed by atoms with E-state index >= 15 is 0 Å². The summed E-state index contributed by atoms with van der Waals surface area (Å²) in [7, 11) is -3.28. The summed E-state index contributed by atoms with van der Waals surface area (Å²) in [5, 5.41) is 0. The SMILES string of the molecule is CC(CC[Si](C)(C)O[Si](C)(C)CCCCl)C(N)=O. The Morgan fingerprint density at radius 1 is 1.22 bits per heavy atom. The van der Waals surface area contributed by atoms with Crippen molar-refractivity contribution in [3.8, 4) is 0 Å². The average Bonchev–Trinajstić information content (AvgIpc) is 2.21. The molecule has 108 valence electrons. The number of amides is 1. The maximum Gasteiger partial charge on any atom is 0.220 e. The van der Waals surface area contributed by atoms with Crippen LogP contribution in [0.2, 0.25) is 38.3 Å². The fourth-order valence-corrected chi connectivity index (χ4v) is 11.4. The Hall–Kier alpha value is 0.154. The van der Waals surface area contributed by atoms with Gasteiger partial charge in [-0.05, 0) is 51.1 Å². The molecule has 1 amide bonds. The second-order valence-corrected chi connectivity index (χ2v) is 15.5. The zero-order chi connectivity index (χ0) is 14.4. The van der Waals surface area contributed by atoms with Crippen molar-refractivity contribution in [2.45, 2.75) is 58.0 Å². The van der Waals surface area contributed by atoms with Gasteiger partial charge in [-0.1, -0.05) is 6.92 Å². The minimum atomic E-state index is -1.69. The monoisotopic (exact) mass is 309 g/mol. The first-order valence-electron chi connectivity index (χ1n) is 6.65. The summed E-state index contributed by atoms with van der Waals surface area (Å²) in [6.07, 6.45) is 1.87. The molecule has 0 aliphatic heterocycles. The largest absolute Gasteiger partial charge is 0.455 e. The lowest BCUT2D eigenvalue weighted by atomic mass is 10.1. The van der Waals surface area contributed by atoms with Gasteiger partial charge in [0.25, 0.3) is 0 Å². The van der Waals surface area contributed by atoms with E-state index in [9.17, 15) is 4.79 Å². The average molecular weight is 310 g/mol. The van der Waals surface area contributed by atoms with Gasteiger partial charge in [0.2, 0.25) is 5.91 Å². The third kappa shape index (κ3) is 8.29. The summed E-state index contributed by atoms with van der Waals surface area (Å²) in [5.74, 6) is 0.451. The summed E-state index contributed by atoms with van der Waals surface area (Å²) >= 11 is 5.74. The van der Waals surface area contributed by atoms with Crippen LogP contribution >= 0.6 is 11.6 Å². The standard InChI is InChI=1S/C12H28ClNO2Si2/c1-11(12(14)15)7-10-18(4,5)16-17(2,3)9-6-8-13/h11H,6-10H2,1-5H3,(H2,14,15). The van der Waals surface area contributed by atoms with Gasteiger partial charge >= 0.3 is 0 Å². The van der Waals surface area contributed by atoms with Crippen LogP contribution in [0.25, 0.3) is 0 Å². The van der Waals surface area contributed by atoms with Crippen molar-refractivity contribution in [1.29, 1.82) is 0 Å². The first kappa shape index (κ1) is 18.2. The van der Waals surface area contributed by atoms with Gasteiger partial charge in [0, 0.05) is 11.8 Å². The van der Waals surface area contributed by atoms with Crippen molar-refractivity contribution >= 4 is 34.1 Å². The molecule has 1 unspecified atom stereocenters. The van der Waals surface area contributed by atoms with Crippen LogP contribution in [0.4, 0.5) is 0 Å². The van der Waals surface area contributed by atoms with E-state index < -0.39 is 16.6 Å². The molecular weight excluding hydrogens is 282 g/mol. The van der Waals surface area contributed by atoms with Gasteiger partial charge in [0.1, 0.15) is 0 Å². The third-order valence-corrected chi connectivity index (χ3v) is 10.9. The highest BCUT2D eigenvalue weighted by Gasteiger charge is 2.32. The molecule has 0 rings (SSSR count). The van der Waals surface area contributed by atoms with E-state index in [0.29, 0.717) is 5.88 Å². The summed E-state index contributed by atoms with van der Waals surface area (Å²) in [6, 6.07) is 2.10. The van der Waals surface area contributed by atoms with Gasteiger partial charge in [0.15, 0.2) is 16.6 Å². The van der Waals surface area contributed by atoms with Crippen LogP contribution in [0, 0.1) is 5.92 Å². The van der Waals surface area contributed by atoms with Crippen LogP contribution in [0.1, 0.15) is 19.8 Å². The zero-order valence-corrected chi connectivity index (χ0v) is 15.1. The highest BCUT2D eigenvalue weighted by atomic mass is 35.5. The van der Waals surface area contributed by atoms with Gasteiger partial charge < -0.3 is 9.85 Å². The van der Waals surface area contributed by atoms with E-state index in [0.717, 1.165) is 24.9 Å². The number of hydrogen-bond acceptors (Lipinski definition) is 2. The van der Waals surface area contributed by atoms with E-state index in [1.54, 1.807) is 0 Å². The first-order chi connectivity index (χ1) is 8.09. The number of alkyl halides is 1. The maximum absolute atomic E-state index is 11.0. The number of nitrogens with two attached hydrogens (primary N) is 1. The molecule has 0 aliphatic rings. The molecule has 1 atom stereocenters. The lowest BCUT2D eigenvalue weighted by Gasteiger charge is -2.34. The summed E-state index contributed by atoms with van der Waals surface area (Å²) in [6.45, 7) is 10.9. The van der Waals surface area contributed by atoms with Gasteiger partial charge in [-0.3, -0.25) is 4.79 Å². The van der Waals surface area contributed by atoms with E-state index in [4.69, 9.17) is 21.4 Å². The Bertz CT molecular complexity index is 273. The van der Waals surface area contributed by atoms with Crippen LogP contribution in [0.15, 0.2) is 0 Å². The Labute approximate surface area is 119 Å². The Morgan fingerprint density at radius 2 is 1.72 bits per heavy atom. The van der Waals surface area contributed by atoms with Crippen LogP contribution in [0.3, 0.4) is 0 Å². The summed E-state index contributed by atoms with van der Waals surface area (Å²) in [5.41, 5.74) is 5.29. The number of halogens is 1. The molecule has 0 radical (unpaired) electrons. The number of hydrogen-bond donors (Lipinski definition) is 1. The quantitative estimate of drug-likeness (QED) is 0.523. The third-order valence-electron chi connectivity index (χ3n) is 3.13. The van der Waals surface area contributed by atoms with Gasteiger partial charge in [0.05, 0.1) is 0 Å². The van der Waals surface area contributed by atoms with Crippen molar-refractivity contribution in [2.24, 2.45) is 11.7 Å². The second kappa shape index (κ2) is 7.67. The molecule has 3 nitrogen and oxygen atoms in total. The van der Waals surface area contributed by atoms with Crippen molar-refractivity contribution in [3.63, 3.8) is 0 Å². The van der Waals surface area contributed by atoms with Crippen LogP contribution < -0.4 is 5.73 Å². The lowest BCUT2D eigenvalue weighted by molar-refractivity contribution is -0.121. The number of carbonyl (C=O) groups excluding carboxylic acids is 1. The van der Waals surface area contributed by atoms with Crippen LogP contribution in [-0.2, 0) is 8.91 Å². The van der Waals surface area contributed by atoms with Crippen LogP contribution in [-0.4, -0.2) is 28.4 Å². The molecule has 0 spiro atoms. The normalized spacial score (nSPS) is 14.6. The van der Waals surface area contributed by atoms with Crippen LogP contribution in [0.5, 0.6) is 0 Å². The minimum absolute atomic E-state index is 0.0482. The van der Waals surface area contributed by atoms with Gasteiger partial charge in [-0.2, -0.15) is 0 Å². The van der Waals surface area contributed by atoms with E-state index in [1.807, 2.05) is 6.92 Å². The molecule has 0 aromatic carbocycles. The number of primary amides is 1. The number of rotatable bonds is 9. The molecule has 0 aromatic heterocycles. The molecule has 18 heavy (non-hydrogen) atoms. The molecule has 0 bridgehead atoms. The van der Waals surface area contributed by atoms with Gasteiger partial charge in [-0.25, -0.2) is 0 Å². The molecule has 6 heteroatoms.